The molecule has 124 valence electrons. The molecule has 0 spiro atoms. The molecule has 1 heterocycles. The molecule has 1 aliphatic heterocycles. The number of rotatable bonds is 7. The molecule has 0 aromatic heterocycles. The number of hydrogen-bond acceptors (Lipinski definition) is 3. The van der Waals surface area contributed by atoms with E-state index >= 15 is 0 Å². The van der Waals surface area contributed by atoms with Gasteiger partial charge in [-0.1, -0.05) is 29.8 Å². The summed E-state index contributed by atoms with van der Waals surface area (Å²) >= 11 is 1.93. The number of aryl methyl sites for hydroxylation is 1. The van der Waals surface area contributed by atoms with E-state index in [1.807, 2.05) is 18.7 Å². The first kappa shape index (κ1) is 19.3. The zero-order chi connectivity index (χ0) is 15.1. The molecule has 1 amide bonds. The molecule has 0 radical (unpaired) electrons. The van der Waals surface area contributed by atoms with Crippen LogP contribution >= 0.6 is 24.2 Å². The van der Waals surface area contributed by atoms with Crippen LogP contribution < -0.4 is 10.6 Å². The summed E-state index contributed by atoms with van der Waals surface area (Å²) in [7, 11) is 0. The number of halogens is 1. The van der Waals surface area contributed by atoms with Gasteiger partial charge in [0.15, 0.2) is 0 Å². The molecule has 2 rings (SSSR count). The molecule has 1 fully saturated rings. The van der Waals surface area contributed by atoms with Gasteiger partial charge in [0.25, 0.3) is 0 Å². The third-order valence-corrected chi connectivity index (χ3v) is 5.09. The van der Waals surface area contributed by atoms with Gasteiger partial charge in [0.1, 0.15) is 0 Å². The van der Waals surface area contributed by atoms with Gasteiger partial charge in [-0.15, -0.1) is 12.4 Å². The van der Waals surface area contributed by atoms with Crippen molar-refractivity contribution in [3.63, 3.8) is 0 Å². The molecular weight excluding hydrogens is 316 g/mol. The van der Waals surface area contributed by atoms with Gasteiger partial charge in [-0.25, -0.2) is 0 Å². The third-order valence-electron chi connectivity index (χ3n) is 3.97. The van der Waals surface area contributed by atoms with E-state index in [4.69, 9.17) is 0 Å². The van der Waals surface area contributed by atoms with Crippen molar-refractivity contribution in [3.8, 4) is 0 Å². The van der Waals surface area contributed by atoms with Crippen LogP contribution in [0.3, 0.4) is 0 Å². The zero-order valence-corrected chi connectivity index (χ0v) is 15.1. The van der Waals surface area contributed by atoms with Crippen molar-refractivity contribution in [2.45, 2.75) is 44.4 Å². The lowest BCUT2D eigenvalue weighted by atomic mass is 9.99. The van der Waals surface area contributed by atoms with Crippen molar-refractivity contribution in [2.24, 2.45) is 0 Å². The standard InChI is InChI=1S/C17H26N2OS.ClH/c1-14-6-3-7-15(12-14)13-21-11-5-9-18-16(20)17(2)8-4-10-19-17;/h3,6-7,12,19H,4-5,8-11,13H2,1-2H3,(H,18,20);1H/t17-;/m1./s1. The maximum Gasteiger partial charge on any atom is 0.240 e. The Hall–Kier alpha value is -0.710. The molecule has 1 saturated heterocycles. The fourth-order valence-corrected chi connectivity index (χ4v) is 3.56. The van der Waals surface area contributed by atoms with Crippen molar-refractivity contribution in [1.29, 1.82) is 0 Å². The highest BCUT2D eigenvalue weighted by molar-refractivity contribution is 7.98. The van der Waals surface area contributed by atoms with Gasteiger partial charge in [0, 0.05) is 12.3 Å². The van der Waals surface area contributed by atoms with Crippen LogP contribution in [0.5, 0.6) is 0 Å². The van der Waals surface area contributed by atoms with E-state index in [1.165, 1.54) is 11.1 Å². The zero-order valence-electron chi connectivity index (χ0n) is 13.5. The van der Waals surface area contributed by atoms with Crippen LogP contribution in [0.2, 0.25) is 0 Å². The Balaban J connectivity index is 0.00000242. The number of amides is 1. The van der Waals surface area contributed by atoms with Gasteiger partial charge in [-0.05, 0) is 51.0 Å². The van der Waals surface area contributed by atoms with Crippen LogP contribution in [0.1, 0.15) is 37.3 Å². The molecule has 3 nitrogen and oxygen atoms in total. The van der Waals surface area contributed by atoms with Crippen LogP contribution in [-0.2, 0) is 10.5 Å². The van der Waals surface area contributed by atoms with Gasteiger partial charge in [-0.3, -0.25) is 4.79 Å². The van der Waals surface area contributed by atoms with E-state index in [2.05, 4.69) is 41.8 Å². The number of carbonyl (C=O) groups is 1. The second kappa shape index (κ2) is 9.43. The Morgan fingerprint density at radius 2 is 2.27 bits per heavy atom. The maximum absolute atomic E-state index is 12.1. The molecule has 0 bridgehead atoms. The van der Waals surface area contributed by atoms with Crippen LogP contribution in [0.15, 0.2) is 24.3 Å². The SMILES string of the molecule is Cc1cccc(CSCCCNC(=O)[C@@]2(C)CCCN2)c1.Cl. The molecule has 1 atom stereocenters. The van der Waals surface area contributed by atoms with Gasteiger partial charge >= 0.3 is 0 Å². The first-order chi connectivity index (χ1) is 10.1. The predicted molar refractivity (Wildman–Crippen MR) is 97.9 cm³/mol. The average Bonchev–Trinajstić information content (AvgIpc) is 2.91. The van der Waals surface area contributed by atoms with E-state index in [0.29, 0.717) is 0 Å². The summed E-state index contributed by atoms with van der Waals surface area (Å²) in [4.78, 5) is 12.1. The van der Waals surface area contributed by atoms with Gasteiger partial charge in [0.2, 0.25) is 5.91 Å². The molecule has 22 heavy (non-hydrogen) atoms. The minimum atomic E-state index is -0.339. The predicted octanol–water partition coefficient (Wildman–Crippen LogP) is 3.30. The average molecular weight is 343 g/mol. The summed E-state index contributed by atoms with van der Waals surface area (Å²) in [6, 6.07) is 8.65. The number of hydrogen-bond donors (Lipinski definition) is 2. The Bertz CT molecular complexity index is 475. The van der Waals surface area contributed by atoms with E-state index in [0.717, 1.165) is 43.9 Å². The number of nitrogens with one attached hydrogen (secondary N) is 2. The monoisotopic (exact) mass is 342 g/mol. The smallest absolute Gasteiger partial charge is 0.240 e. The summed E-state index contributed by atoms with van der Waals surface area (Å²) < 4.78 is 0. The van der Waals surface area contributed by atoms with Crippen molar-refractivity contribution >= 4 is 30.1 Å². The highest BCUT2D eigenvalue weighted by atomic mass is 35.5. The fourth-order valence-electron chi connectivity index (χ4n) is 2.65. The van der Waals surface area contributed by atoms with E-state index < -0.39 is 0 Å². The number of thioether (sulfide) groups is 1. The molecule has 5 heteroatoms. The van der Waals surface area contributed by atoms with Crippen LogP contribution in [0, 0.1) is 6.92 Å². The van der Waals surface area contributed by atoms with Crippen molar-refractivity contribution in [3.05, 3.63) is 35.4 Å². The van der Waals surface area contributed by atoms with Crippen molar-refractivity contribution < 1.29 is 4.79 Å². The summed E-state index contributed by atoms with van der Waals surface area (Å²) in [5.41, 5.74) is 2.36. The molecule has 0 unspecified atom stereocenters. The highest BCUT2D eigenvalue weighted by Crippen LogP contribution is 2.18. The second-order valence-corrected chi connectivity index (χ2v) is 7.12. The highest BCUT2D eigenvalue weighted by Gasteiger charge is 2.35. The fraction of sp³-hybridized carbons (Fsp3) is 0.588. The largest absolute Gasteiger partial charge is 0.354 e. The summed E-state index contributed by atoms with van der Waals surface area (Å²) in [6.45, 7) is 5.86. The first-order valence-electron chi connectivity index (χ1n) is 7.77. The van der Waals surface area contributed by atoms with Crippen molar-refractivity contribution in [1.82, 2.24) is 10.6 Å². The second-order valence-electron chi connectivity index (χ2n) is 6.01. The first-order valence-corrected chi connectivity index (χ1v) is 8.92. The van der Waals surface area contributed by atoms with Gasteiger partial charge in [-0.2, -0.15) is 11.8 Å². The Morgan fingerprint density at radius 3 is 2.95 bits per heavy atom. The van der Waals surface area contributed by atoms with E-state index in [-0.39, 0.29) is 23.9 Å². The Kier molecular flexibility index (Phi) is 8.29. The summed E-state index contributed by atoms with van der Waals surface area (Å²) in [5, 5.41) is 6.35. The Morgan fingerprint density at radius 1 is 1.45 bits per heavy atom. The lowest BCUT2D eigenvalue weighted by Gasteiger charge is -2.22. The lowest BCUT2D eigenvalue weighted by Crippen LogP contribution is -2.51. The van der Waals surface area contributed by atoms with Crippen LogP contribution in [0.4, 0.5) is 0 Å². The topological polar surface area (TPSA) is 41.1 Å². The molecule has 1 aromatic rings. The van der Waals surface area contributed by atoms with E-state index in [1.54, 1.807) is 0 Å². The van der Waals surface area contributed by atoms with Crippen LogP contribution in [0.25, 0.3) is 0 Å². The quantitative estimate of drug-likeness (QED) is 0.747. The van der Waals surface area contributed by atoms with Crippen LogP contribution in [-0.4, -0.2) is 30.3 Å². The molecule has 0 saturated carbocycles. The molecule has 0 aliphatic carbocycles. The minimum Gasteiger partial charge on any atom is -0.354 e. The molecule has 1 aliphatic rings. The van der Waals surface area contributed by atoms with Crippen molar-refractivity contribution in [2.75, 3.05) is 18.8 Å². The van der Waals surface area contributed by atoms with Gasteiger partial charge < -0.3 is 10.6 Å². The number of benzene rings is 1. The number of carbonyl (C=O) groups excluding carboxylic acids is 1. The summed E-state index contributed by atoms with van der Waals surface area (Å²) in [5.74, 6) is 2.29. The third kappa shape index (κ3) is 5.82. The normalized spacial score (nSPS) is 20.5. The van der Waals surface area contributed by atoms with Gasteiger partial charge in [0.05, 0.1) is 5.54 Å². The maximum atomic E-state index is 12.1. The van der Waals surface area contributed by atoms with E-state index in [9.17, 15) is 4.79 Å². The Labute approximate surface area is 144 Å². The molecule has 2 N–H and O–H groups in total. The minimum absolute atomic E-state index is 0. The molecular formula is C17H27ClN2OS. The molecule has 1 aromatic carbocycles. The summed E-state index contributed by atoms with van der Waals surface area (Å²) in [6.07, 6.45) is 3.06. The lowest BCUT2D eigenvalue weighted by molar-refractivity contribution is -0.126.